The first-order valence-electron chi connectivity index (χ1n) is 6.75. The summed E-state index contributed by atoms with van der Waals surface area (Å²) < 4.78 is 1.90. The Morgan fingerprint density at radius 1 is 1.35 bits per heavy atom. The Bertz CT molecular complexity index is 634. The molecule has 0 saturated carbocycles. The molecule has 0 spiro atoms. The Morgan fingerprint density at radius 3 is 3.00 bits per heavy atom. The molecule has 0 radical (unpaired) electrons. The van der Waals surface area contributed by atoms with E-state index in [-0.39, 0.29) is 0 Å². The van der Waals surface area contributed by atoms with Gasteiger partial charge in [0, 0.05) is 30.8 Å². The molecule has 104 valence electrons. The van der Waals surface area contributed by atoms with Crippen LogP contribution in [-0.4, -0.2) is 32.2 Å². The van der Waals surface area contributed by atoms with E-state index in [2.05, 4.69) is 27.1 Å². The second kappa shape index (κ2) is 5.32. The average molecular weight is 271 g/mol. The van der Waals surface area contributed by atoms with E-state index in [1.807, 2.05) is 28.9 Å². The van der Waals surface area contributed by atoms with Crippen LogP contribution in [0.2, 0.25) is 0 Å². The van der Waals surface area contributed by atoms with Crippen LogP contribution >= 0.6 is 0 Å². The van der Waals surface area contributed by atoms with Crippen molar-refractivity contribution in [2.75, 3.05) is 11.4 Å². The summed E-state index contributed by atoms with van der Waals surface area (Å²) in [5.74, 6) is 0.951. The van der Waals surface area contributed by atoms with Crippen LogP contribution in [-0.2, 0) is 13.1 Å². The predicted octanol–water partition coefficient (Wildman–Crippen LogP) is 1.89. The summed E-state index contributed by atoms with van der Waals surface area (Å²) in [7, 11) is 0. The molecule has 0 aliphatic carbocycles. The minimum atomic E-state index is 0.712. The zero-order valence-electron chi connectivity index (χ0n) is 11.4. The lowest BCUT2D eigenvalue weighted by molar-refractivity contribution is 0.317. The van der Waals surface area contributed by atoms with Gasteiger partial charge in [0.05, 0.1) is 12.3 Å². The van der Waals surface area contributed by atoms with Gasteiger partial charge in [-0.1, -0.05) is 23.4 Å². The Balaban J connectivity index is 1.92. The number of fused-ring (bicyclic) bond motifs is 1. The third kappa shape index (κ3) is 2.13. The Kier molecular flexibility index (Phi) is 3.37. The molecule has 0 bridgehead atoms. The van der Waals surface area contributed by atoms with Crippen molar-refractivity contribution in [3.8, 4) is 0 Å². The van der Waals surface area contributed by atoms with Crippen LogP contribution in [0.5, 0.6) is 0 Å². The van der Waals surface area contributed by atoms with Crippen molar-refractivity contribution in [3.63, 3.8) is 0 Å². The molecule has 1 aromatic carbocycles. The van der Waals surface area contributed by atoms with Crippen LogP contribution < -0.4 is 4.90 Å². The summed E-state index contributed by atoms with van der Waals surface area (Å²) in [6.07, 6.45) is 2.32. The van der Waals surface area contributed by atoms with Gasteiger partial charge in [0.2, 0.25) is 0 Å². The highest BCUT2D eigenvalue weighted by Crippen LogP contribution is 2.28. The van der Waals surface area contributed by atoms with E-state index >= 15 is 0 Å². The van der Waals surface area contributed by atoms with E-state index in [1.54, 1.807) is 6.33 Å². The van der Waals surface area contributed by atoms with Gasteiger partial charge in [-0.25, -0.2) is 9.67 Å². The van der Waals surface area contributed by atoms with Gasteiger partial charge >= 0.3 is 0 Å². The Morgan fingerprint density at radius 2 is 2.20 bits per heavy atom. The summed E-state index contributed by atoms with van der Waals surface area (Å²) in [5.41, 5.74) is 2.81. The lowest BCUT2D eigenvalue weighted by Gasteiger charge is -2.31. The molecule has 0 unspecified atom stereocenters. The van der Waals surface area contributed by atoms with Crippen molar-refractivity contribution in [1.29, 1.82) is 0 Å². The first kappa shape index (κ1) is 12.7. The van der Waals surface area contributed by atoms with Gasteiger partial charge in [-0.15, -0.1) is 0 Å². The van der Waals surface area contributed by atoms with Crippen molar-refractivity contribution < 1.29 is 5.21 Å². The molecule has 20 heavy (non-hydrogen) atoms. The molecule has 6 nitrogen and oxygen atoms in total. The second-order valence-electron chi connectivity index (χ2n) is 4.73. The molecule has 1 aliphatic rings. The molecule has 2 aromatic rings. The highest BCUT2D eigenvalue weighted by Gasteiger charge is 2.22. The number of nitrogens with zero attached hydrogens (tertiary/aromatic N) is 5. The molecule has 0 amide bonds. The van der Waals surface area contributed by atoms with Crippen LogP contribution in [0.3, 0.4) is 0 Å². The van der Waals surface area contributed by atoms with Crippen LogP contribution in [0.25, 0.3) is 0 Å². The minimum Gasteiger partial charge on any atom is -0.411 e. The molecule has 1 aliphatic heterocycles. The Hall–Kier alpha value is -2.37. The van der Waals surface area contributed by atoms with Gasteiger partial charge in [0.15, 0.2) is 0 Å². The average Bonchev–Trinajstić information content (AvgIpc) is 2.95. The zero-order valence-corrected chi connectivity index (χ0v) is 11.4. The zero-order chi connectivity index (χ0) is 13.9. The van der Waals surface area contributed by atoms with Crippen LogP contribution in [0, 0.1) is 0 Å². The first-order valence-corrected chi connectivity index (χ1v) is 6.75. The molecule has 0 fully saturated rings. The van der Waals surface area contributed by atoms with Gasteiger partial charge in [0.1, 0.15) is 12.2 Å². The summed E-state index contributed by atoms with van der Waals surface area (Å²) in [4.78, 5) is 6.57. The minimum absolute atomic E-state index is 0.712. The van der Waals surface area contributed by atoms with Gasteiger partial charge in [-0.2, -0.15) is 5.10 Å². The molecule has 0 atom stereocenters. The van der Waals surface area contributed by atoms with Gasteiger partial charge in [-0.3, -0.25) is 0 Å². The summed E-state index contributed by atoms with van der Waals surface area (Å²) >= 11 is 0. The highest BCUT2D eigenvalue weighted by atomic mass is 16.4. The third-order valence-corrected chi connectivity index (χ3v) is 3.62. The molecule has 0 saturated heterocycles. The van der Waals surface area contributed by atoms with E-state index in [0.717, 1.165) is 42.3 Å². The molecule has 3 rings (SSSR count). The third-order valence-electron chi connectivity index (χ3n) is 3.62. The van der Waals surface area contributed by atoms with E-state index in [9.17, 15) is 0 Å². The van der Waals surface area contributed by atoms with Gasteiger partial charge < -0.3 is 10.1 Å². The number of oxime groups is 1. The maximum Gasteiger partial charge on any atom is 0.146 e. The number of rotatable bonds is 3. The smallest absolute Gasteiger partial charge is 0.146 e. The summed E-state index contributed by atoms with van der Waals surface area (Å²) in [6, 6.07) is 7.99. The maximum atomic E-state index is 9.11. The number of benzene rings is 1. The topological polar surface area (TPSA) is 66.5 Å². The number of aromatic nitrogens is 3. The fourth-order valence-electron chi connectivity index (χ4n) is 2.60. The predicted molar refractivity (Wildman–Crippen MR) is 76.1 cm³/mol. The monoisotopic (exact) mass is 271 g/mol. The Labute approximate surface area is 117 Å². The molecule has 1 aromatic heterocycles. The maximum absolute atomic E-state index is 9.11. The van der Waals surface area contributed by atoms with Crippen molar-refractivity contribution in [3.05, 3.63) is 42.0 Å². The SMILES string of the molecule is CCn1ncnc1CN1CCC(=NO)c2ccccc21. The van der Waals surface area contributed by atoms with Crippen LogP contribution in [0.15, 0.2) is 35.7 Å². The van der Waals surface area contributed by atoms with Crippen molar-refractivity contribution >= 4 is 11.4 Å². The first-order chi connectivity index (χ1) is 9.83. The lowest BCUT2D eigenvalue weighted by Crippen LogP contribution is -2.33. The second-order valence-corrected chi connectivity index (χ2v) is 4.73. The van der Waals surface area contributed by atoms with E-state index in [4.69, 9.17) is 5.21 Å². The van der Waals surface area contributed by atoms with Gasteiger partial charge in [-0.05, 0) is 13.0 Å². The van der Waals surface area contributed by atoms with Crippen LogP contribution in [0.4, 0.5) is 5.69 Å². The van der Waals surface area contributed by atoms with E-state index in [1.165, 1.54) is 0 Å². The van der Waals surface area contributed by atoms with Crippen molar-refractivity contribution in [2.45, 2.75) is 26.4 Å². The largest absolute Gasteiger partial charge is 0.411 e. The highest BCUT2D eigenvalue weighted by molar-refractivity contribution is 6.06. The molecule has 1 N–H and O–H groups in total. The summed E-state index contributed by atoms with van der Waals surface area (Å²) in [6.45, 7) is 4.39. The number of hydrogen-bond donors (Lipinski definition) is 1. The molecule has 6 heteroatoms. The molecular weight excluding hydrogens is 254 g/mol. The quantitative estimate of drug-likeness (QED) is 0.684. The summed E-state index contributed by atoms with van der Waals surface area (Å²) in [5, 5.41) is 16.7. The van der Waals surface area contributed by atoms with E-state index < -0.39 is 0 Å². The van der Waals surface area contributed by atoms with Crippen molar-refractivity contribution in [2.24, 2.45) is 5.16 Å². The van der Waals surface area contributed by atoms with E-state index in [0.29, 0.717) is 6.54 Å². The molecule has 2 heterocycles. The number of para-hydroxylation sites is 1. The van der Waals surface area contributed by atoms with Crippen LogP contribution in [0.1, 0.15) is 24.7 Å². The number of hydrogen-bond acceptors (Lipinski definition) is 5. The fourth-order valence-corrected chi connectivity index (χ4v) is 2.60. The standard InChI is InChI=1S/C14H17N5O/c1-2-19-14(15-10-16-19)9-18-8-7-12(17-20)11-5-3-4-6-13(11)18/h3-6,10,20H,2,7-9H2,1H3. The lowest BCUT2D eigenvalue weighted by atomic mass is 9.99. The molecular formula is C14H17N5O. The number of aryl methyl sites for hydroxylation is 1. The normalized spacial score (nSPS) is 16.4. The van der Waals surface area contributed by atoms with Crippen molar-refractivity contribution in [1.82, 2.24) is 14.8 Å². The fraction of sp³-hybridized carbons (Fsp3) is 0.357. The number of anilines is 1. The van der Waals surface area contributed by atoms with Gasteiger partial charge in [0.25, 0.3) is 0 Å².